The molecular weight excluding hydrogens is 260 g/mol. The summed E-state index contributed by atoms with van der Waals surface area (Å²) in [6.07, 6.45) is -0.833. The summed E-state index contributed by atoms with van der Waals surface area (Å²) >= 11 is 0. The van der Waals surface area contributed by atoms with Gasteiger partial charge < -0.3 is 19.5 Å². The molecule has 2 aliphatic heterocycles. The van der Waals surface area contributed by atoms with E-state index in [0.717, 1.165) is 30.2 Å². The molecule has 20 heavy (non-hydrogen) atoms. The first kappa shape index (κ1) is 13.1. The van der Waals surface area contributed by atoms with Crippen molar-refractivity contribution >= 4 is 6.09 Å². The Kier molecular flexibility index (Phi) is 3.40. The lowest BCUT2D eigenvalue weighted by Gasteiger charge is -2.37. The predicted molar refractivity (Wildman–Crippen MR) is 72.2 cm³/mol. The molecule has 6 heteroatoms. The van der Waals surface area contributed by atoms with Gasteiger partial charge in [-0.15, -0.1) is 0 Å². The van der Waals surface area contributed by atoms with E-state index >= 15 is 0 Å². The maximum Gasteiger partial charge on any atom is 0.407 e. The van der Waals surface area contributed by atoms with Crippen molar-refractivity contribution in [1.82, 2.24) is 9.80 Å². The van der Waals surface area contributed by atoms with E-state index in [9.17, 15) is 4.79 Å². The van der Waals surface area contributed by atoms with Crippen molar-refractivity contribution < 1.29 is 19.4 Å². The molecule has 3 rings (SSSR count). The van der Waals surface area contributed by atoms with Gasteiger partial charge in [0.2, 0.25) is 6.79 Å². The molecule has 0 aliphatic carbocycles. The summed E-state index contributed by atoms with van der Waals surface area (Å²) in [4.78, 5) is 14.7. The van der Waals surface area contributed by atoms with Gasteiger partial charge in [0.1, 0.15) is 0 Å². The van der Waals surface area contributed by atoms with Crippen molar-refractivity contribution in [2.75, 3.05) is 33.0 Å². The zero-order valence-corrected chi connectivity index (χ0v) is 11.4. The molecule has 1 atom stereocenters. The fraction of sp³-hybridized carbons (Fsp3) is 0.500. The largest absolute Gasteiger partial charge is 0.465 e. The third-order valence-corrected chi connectivity index (χ3v) is 4.01. The van der Waals surface area contributed by atoms with Crippen molar-refractivity contribution in [1.29, 1.82) is 0 Å². The molecule has 1 unspecified atom stereocenters. The molecule has 1 aromatic carbocycles. The van der Waals surface area contributed by atoms with Crippen LogP contribution in [-0.4, -0.2) is 54.0 Å². The van der Waals surface area contributed by atoms with E-state index < -0.39 is 6.09 Å². The lowest BCUT2D eigenvalue weighted by atomic mass is 10.1. The molecular formula is C14H18N2O4. The van der Waals surface area contributed by atoms with E-state index in [1.54, 1.807) is 0 Å². The Labute approximate surface area is 117 Å². The Morgan fingerprint density at radius 1 is 1.20 bits per heavy atom. The number of ether oxygens (including phenoxy) is 2. The summed E-state index contributed by atoms with van der Waals surface area (Å²) < 4.78 is 10.7. The third kappa shape index (κ3) is 2.38. The van der Waals surface area contributed by atoms with Crippen molar-refractivity contribution in [3.63, 3.8) is 0 Å². The summed E-state index contributed by atoms with van der Waals surface area (Å²) in [7, 11) is 0. The SMILES string of the molecule is CC(c1ccc2c(c1)OCO2)N1CCN(C(=O)O)CC1. The van der Waals surface area contributed by atoms with Crippen molar-refractivity contribution in [3.05, 3.63) is 23.8 Å². The van der Waals surface area contributed by atoms with Crippen LogP contribution in [0.25, 0.3) is 0 Å². The van der Waals surface area contributed by atoms with Crippen molar-refractivity contribution in [3.8, 4) is 11.5 Å². The van der Waals surface area contributed by atoms with Gasteiger partial charge in [0.05, 0.1) is 0 Å². The fourth-order valence-electron chi connectivity index (χ4n) is 2.68. The molecule has 0 bridgehead atoms. The summed E-state index contributed by atoms with van der Waals surface area (Å²) in [6, 6.07) is 6.22. The Morgan fingerprint density at radius 3 is 2.60 bits per heavy atom. The Morgan fingerprint density at radius 2 is 1.90 bits per heavy atom. The quantitative estimate of drug-likeness (QED) is 0.893. The van der Waals surface area contributed by atoms with E-state index in [1.807, 2.05) is 18.2 Å². The molecule has 1 amide bonds. The van der Waals surface area contributed by atoms with Crippen LogP contribution in [0.1, 0.15) is 18.5 Å². The van der Waals surface area contributed by atoms with E-state index in [1.165, 1.54) is 4.90 Å². The van der Waals surface area contributed by atoms with E-state index in [2.05, 4.69) is 11.8 Å². The Balaban J connectivity index is 1.67. The van der Waals surface area contributed by atoms with Crippen LogP contribution in [0.5, 0.6) is 11.5 Å². The summed E-state index contributed by atoms with van der Waals surface area (Å²) in [6.45, 7) is 5.04. The zero-order valence-electron chi connectivity index (χ0n) is 11.4. The minimum atomic E-state index is -0.833. The Hall–Kier alpha value is -1.95. The second-order valence-corrected chi connectivity index (χ2v) is 5.09. The van der Waals surface area contributed by atoms with Crippen LogP contribution >= 0.6 is 0 Å². The van der Waals surface area contributed by atoms with Gasteiger partial charge >= 0.3 is 6.09 Å². The molecule has 108 valence electrons. The van der Waals surface area contributed by atoms with Crippen LogP contribution in [0.4, 0.5) is 4.79 Å². The van der Waals surface area contributed by atoms with Gasteiger partial charge in [0.25, 0.3) is 0 Å². The van der Waals surface area contributed by atoms with Crippen LogP contribution in [-0.2, 0) is 0 Å². The molecule has 1 aromatic rings. The molecule has 0 radical (unpaired) electrons. The number of hydrogen-bond acceptors (Lipinski definition) is 4. The Bertz CT molecular complexity index is 512. The third-order valence-electron chi connectivity index (χ3n) is 4.01. The smallest absolute Gasteiger partial charge is 0.407 e. The summed E-state index contributed by atoms with van der Waals surface area (Å²) in [5.41, 5.74) is 1.16. The highest BCUT2D eigenvalue weighted by Crippen LogP contribution is 2.35. The molecule has 0 spiro atoms. The van der Waals surface area contributed by atoms with E-state index in [0.29, 0.717) is 13.1 Å². The van der Waals surface area contributed by atoms with Gasteiger partial charge in [-0.1, -0.05) is 6.07 Å². The van der Waals surface area contributed by atoms with Crippen molar-refractivity contribution in [2.45, 2.75) is 13.0 Å². The average Bonchev–Trinajstić information content (AvgIpc) is 2.94. The average molecular weight is 278 g/mol. The summed E-state index contributed by atoms with van der Waals surface area (Å²) in [5, 5.41) is 8.96. The zero-order chi connectivity index (χ0) is 14.1. The van der Waals surface area contributed by atoms with E-state index in [4.69, 9.17) is 14.6 Å². The monoisotopic (exact) mass is 278 g/mol. The number of carboxylic acid groups (broad SMARTS) is 1. The van der Waals surface area contributed by atoms with Gasteiger partial charge in [-0.3, -0.25) is 4.90 Å². The molecule has 0 saturated carbocycles. The molecule has 1 fully saturated rings. The van der Waals surface area contributed by atoms with Gasteiger partial charge in [-0.05, 0) is 24.6 Å². The predicted octanol–water partition coefficient (Wildman–Crippen LogP) is 1.77. The highest BCUT2D eigenvalue weighted by atomic mass is 16.7. The molecule has 2 heterocycles. The lowest BCUT2D eigenvalue weighted by molar-refractivity contribution is 0.0889. The van der Waals surface area contributed by atoms with Gasteiger partial charge in [0, 0.05) is 32.2 Å². The molecule has 1 saturated heterocycles. The number of benzene rings is 1. The number of amides is 1. The second kappa shape index (κ2) is 5.20. The van der Waals surface area contributed by atoms with Crippen LogP contribution in [0.15, 0.2) is 18.2 Å². The number of fused-ring (bicyclic) bond motifs is 1. The molecule has 6 nitrogen and oxygen atoms in total. The number of hydrogen-bond donors (Lipinski definition) is 1. The first-order valence-corrected chi connectivity index (χ1v) is 6.76. The fourth-order valence-corrected chi connectivity index (χ4v) is 2.68. The normalized spacial score (nSPS) is 19.9. The van der Waals surface area contributed by atoms with Crippen LogP contribution in [0.2, 0.25) is 0 Å². The number of nitrogens with zero attached hydrogens (tertiary/aromatic N) is 2. The highest BCUT2D eigenvalue weighted by Gasteiger charge is 2.25. The molecule has 0 aromatic heterocycles. The standard InChI is InChI=1S/C14H18N2O4/c1-10(15-4-6-16(7-5-15)14(17)18)11-2-3-12-13(8-11)20-9-19-12/h2-3,8,10H,4-7,9H2,1H3,(H,17,18). The molecule has 1 N–H and O–H groups in total. The topological polar surface area (TPSA) is 62.2 Å². The highest BCUT2D eigenvalue weighted by molar-refractivity contribution is 5.65. The number of carbonyl (C=O) groups is 1. The van der Waals surface area contributed by atoms with Crippen molar-refractivity contribution in [2.24, 2.45) is 0 Å². The van der Waals surface area contributed by atoms with Gasteiger partial charge in [0.15, 0.2) is 11.5 Å². The maximum absolute atomic E-state index is 10.9. The van der Waals surface area contributed by atoms with Crippen LogP contribution in [0, 0.1) is 0 Å². The summed E-state index contributed by atoms with van der Waals surface area (Å²) in [5.74, 6) is 1.58. The van der Waals surface area contributed by atoms with Gasteiger partial charge in [-0.25, -0.2) is 4.79 Å². The maximum atomic E-state index is 10.9. The minimum Gasteiger partial charge on any atom is -0.465 e. The lowest BCUT2D eigenvalue weighted by Crippen LogP contribution is -2.48. The molecule has 2 aliphatic rings. The van der Waals surface area contributed by atoms with E-state index in [-0.39, 0.29) is 12.8 Å². The minimum absolute atomic E-state index is 0.237. The number of piperazine rings is 1. The first-order valence-electron chi connectivity index (χ1n) is 6.76. The van der Waals surface area contributed by atoms with Crippen LogP contribution in [0.3, 0.4) is 0 Å². The second-order valence-electron chi connectivity index (χ2n) is 5.09. The van der Waals surface area contributed by atoms with Crippen LogP contribution < -0.4 is 9.47 Å². The number of rotatable bonds is 2. The first-order chi connectivity index (χ1) is 9.65. The van der Waals surface area contributed by atoms with Gasteiger partial charge in [-0.2, -0.15) is 0 Å².